The fourth-order valence-corrected chi connectivity index (χ4v) is 1.61. The molecule has 0 aromatic carbocycles. The predicted octanol–water partition coefficient (Wildman–Crippen LogP) is 2.10. The highest BCUT2D eigenvalue weighted by Gasteiger charge is 2.09. The fourth-order valence-electron chi connectivity index (χ4n) is 1.61. The van der Waals surface area contributed by atoms with Crippen LogP contribution in [0, 0.1) is 6.92 Å². The first-order valence-electron chi connectivity index (χ1n) is 5.49. The first-order chi connectivity index (χ1) is 8.68. The van der Waals surface area contributed by atoms with Gasteiger partial charge in [-0.3, -0.25) is 9.97 Å². The van der Waals surface area contributed by atoms with Crippen molar-refractivity contribution in [2.24, 2.45) is 0 Å². The molecule has 0 bridgehead atoms. The number of hydrogen-bond acceptors (Lipinski definition) is 4. The molecule has 5 nitrogen and oxygen atoms in total. The van der Waals surface area contributed by atoms with Crippen LogP contribution >= 0.6 is 0 Å². The van der Waals surface area contributed by atoms with E-state index in [2.05, 4.69) is 15.3 Å². The molecule has 0 radical (unpaired) electrons. The maximum absolute atomic E-state index is 11.0. The number of nitrogens with one attached hydrogen (secondary N) is 1. The van der Waals surface area contributed by atoms with Crippen molar-refractivity contribution in [2.45, 2.75) is 13.5 Å². The van der Waals surface area contributed by atoms with Gasteiger partial charge >= 0.3 is 5.97 Å². The highest BCUT2D eigenvalue weighted by molar-refractivity contribution is 5.93. The lowest BCUT2D eigenvalue weighted by molar-refractivity contribution is 0.0698. The summed E-state index contributed by atoms with van der Waals surface area (Å²) in [5.41, 5.74) is 2.87. The summed E-state index contributed by atoms with van der Waals surface area (Å²) < 4.78 is 0. The summed E-state index contributed by atoms with van der Waals surface area (Å²) in [5.74, 6) is -0.966. The van der Waals surface area contributed by atoms with Crippen molar-refractivity contribution >= 4 is 11.7 Å². The minimum atomic E-state index is -0.966. The molecule has 0 amide bonds. The highest BCUT2D eigenvalue weighted by atomic mass is 16.4. The molecule has 0 unspecified atom stereocenters. The zero-order chi connectivity index (χ0) is 13.0. The second-order valence-corrected chi connectivity index (χ2v) is 3.88. The molecule has 2 aromatic rings. The Morgan fingerprint density at radius 3 is 2.72 bits per heavy atom. The predicted molar refractivity (Wildman–Crippen MR) is 67.5 cm³/mol. The van der Waals surface area contributed by atoms with E-state index in [1.807, 2.05) is 13.0 Å². The maximum atomic E-state index is 11.0. The van der Waals surface area contributed by atoms with E-state index in [4.69, 9.17) is 5.11 Å². The number of carboxylic acids is 1. The average Bonchev–Trinajstić information content (AvgIpc) is 2.38. The van der Waals surface area contributed by atoms with Crippen molar-refractivity contribution in [1.29, 1.82) is 0 Å². The van der Waals surface area contributed by atoms with Crippen LogP contribution in [0.4, 0.5) is 5.69 Å². The van der Waals surface area contributed by atoms with E-state index >= 15 is 0 Å². The zero-order valence-electron chi connectivity index (χ0n) is 9.92. The Balaban J connectivity index is 2.16. The summed E-state index contributed by atoms with van der Waals surface area (Å²) in [6.07, 6.45) is 6.47. The van der Waals surface area contributed by atoms with Gasteiger partial charge in [0.25, 0.3) is 0 Å². The normalized spacial score (nSPS) is 10.1. The molecule has 2 heterocycles. The molecule has 0 aliphatic rings. The Morgan fingerprint density at radius 2 is 2.00 bits per heavy atom. The average molecular weight is 243 g/mol. The maximum Gasteiger partial charge on any atom is 0.337 e. The lowest BCUT2D eigenvalue weighted by Gasteiger charge is -2.10. The van der Waals surface area contributed by atoms with Crippen LogP contribution < -0.4 is 5.32 Å². The summed E-state index contributed by atoms with van der Waals surface area (Å²) in [6.45, 7) is 2.51. The Morgan fingerprint density at radius 1 is 1.28 bits per heavy atom. The van der Waals surface area contributed by atoms with Gasteiger partial charge in [0, 0.05) is 25.1 Å². The Labute approximate surface area is 105 Å². The Hall–Kier alpha value is -2.43. The Kier molecular flexibility index (Phi) is 3.52. The number of aromatic carboxylic acids is 1. The molecule has 0 atom stereocenters. The summed E-state index contributed by atoms with van der Waals surface area (Å²) >= 11 is 0. The first-order valence-corrected chi connectivity index (χ1v) is 5.49. The van der Waals surface area contributed by atoms with Gasteiger partial charge in [-0.15, -0.1) is 0 Å². The van der Waals surface area contributed by atoms with E-state index in [0.29, 0.717) is 12.2 Å². The summed E-state index contributed by atoms with van der Waals surface area (Å²) in [5, 5.41) is 12.1. The highest BCUT2D eigenvalue weighted by Crippen LogP contribution is 2.15. The number of aromatic nitrogens is 2. The molecule has 2 N–H and O–H groups in total. The summed E-state index contributed by atoms with van der Waals surface area (Å²) in [6, 6.07) is 3.38. The van der Waals surface area contributed by atoms with E-state index in [-0.39, 0.29) is 5.56 Å². The monoisotopic (exact) mass is 243 g/mol. The third-order valence-corrected chi connectivity index (χ3v) is 2.66. The standard InChI is InChI=1S/C13H13N3O2/c1-9-6-14-4-2-10(9)7-16-12-8-15-5-3-11(12)13(17)18/h2-6,8,16H,7H2,1H3,(H,17,18). The fraction of sp³-hybridized carbons (Fsp3) is 0.154. The van der Waals surface area contributed by atoms with Crippen molar-refractivity contribution in [3.8, 4) is 0 Å². The third-order valence-electron chi connectivity index (χ3n) is 2.66. The van der Waals surface area contributed by atoms with Gasteiger partial charge in [0.15, 0.2) is 0 Å². The minimum Gasteiger partial charge on any atom is -0.478 e. The molecule has 2 aromatic heterocycles. The number of hydrogen-bond donors (Lipinski definition) is 2. The zero-order valence-corrected chi connectivity index (χ0v) is 9.92. The van der Waals surface area contributed by atoms with Gasteiger partial charge in [-0.1, -0.05) is 0 Å². The molecule has 92 valence electrons. The number of anilines is 1. The van der Waals surface area contributed by atoms with Gasteiger partial charge in [0.2, 0.25) is 0 Å². The van der Waals surface area contributed by atoms with Gasteiger partial charge in [0.1, 0.15) is 0 Å². The molecule has 0 aliphatic carbocycles. The van der Waals surface area contributed by atoms with Crippen LogP contribution in [0.15, 0.2) is 36.9 Å². The van der Waals surface area contributed by atoms with E-state index in [1.165, 1.54) is 18.5 Å². The number of carbonyl (C=O) groups is 1. The van der Waals surface area contributed by atoms with Crippen LogP contribution in [0.1, 0.15) is 21.5 Å². The second-order valence-electron chi connectivity index (χ2n) is 3.88. The number of nitrogens with zero attached hydrogens (tertiary/aromatic N) is 2. The number of carboxylic acid groups (broad SMARTS) is 1. The Bertz CT molecular complexity index is 570. The van der Waals surface area contributed by atoms with E-state index < -0.39 is 5.97 Å². The van der Waals surface area contributed by atoms with Gasteiger partial charge < -0.3 is 10.4 Å². The van der Waals surface area contributed by atoms with Crippen molar-refractivity contribution < 1.29 is 9.90 Å². The largest absolute Gasteiger partial charge is 0.478 e. The molecule has 0 saturated heterocycles. The van der Waals surface area contributed by atoms with Crippen LogP contribution in [0.25, 0.3) is 0 Å². The molecule has 18 heavy (non-hydrogen) atoms. The summed E-state index contributed by atoms with van der Waals surface area (Å²) in [4.78, 5) is 19.0. The molecular formula is C13H13N3O2. The molecule has 0 fully saturated rings. The van der Waals surface area contributed by atoms with Crippen LogP contribution in [0.3, 0.4) is 0 Å². The molecule has 2 rings (SSSR count). The van der Waals surface area contributed by atoms with Crippen molar-refractivity contribution in [1.82, 2.24) is 9.97 Å². The van der Waals surface area contributed by atoms with Crippen molar-refractivity contribution in [3.63, 3.8) is 0 Å². The SMILES string of the molecule is Cc1cnccc1CNc1cnccc1C(=O)O. The smallest absolute Gasteiger partial charge is 0.337 e. The molecule has 5 heteroatoms. The molecular weight excluding hydrogens is 230 g/mol. The summed E-state index contributed by atoms with van der Waals surface area (Å²) in [7, 11) is 0. The molecule has 0 aliphatic heterocycles. The van der Waals surface area contributed by atoms with Gasteiger partial charge in [-0.05, 0) is 30.2 Å². The van der Waals surface area contributed by atoms with Crippen LogP contribution in [0.5, 0.6) is 0 Å². The van der Waals surface area contributed by atoms with Crippen molar-refractivity contribution in [3.05, 3.63) is 53.6 Å². The molecule has 0 saturated carbocycles. The quantitative estimate of drug-likeness (QED) is 0.860. The van der Waals surface area contributed by atoms with Crippen LogP contribution in [-0.4, -0.2) is 21.0 Å². The van der Waals surface area contributed by atoms with Gasteiger partial charge in [-0.2, -0.15) is 0 Å². The van der Waals surface area contributed by atoms with Gasteiger partial charge in [-0.25, -0.2) is 4.79 Å². The van der Waals surface area contributed by atoms with E-state index in [9.17, 15) is 4.79 Å². The lowest BCUT2D eigenvalue weighted by Crippen LogP contribution is -2.07. The second kappa shape index (κ2) is 5.27. The third kappa shape index (κ3) is 2.63. The van der Waals surface area contributed by atoms with Crippen LogP contribution in [-0.2, 0) is 6.54 Å². The van der Waals surface area contributed by atoms with Gasteiger partial charge in [0.05, 0.1) is 17.4 Å². The van der Waals surface area contributed by atoms with Crippen molar-refractivity contribution in [2.75, 3.05) is 5.32 Å². The minimum absolute atomic E-state index is 0.219. The topological polar surface area (TPSA) is 75.1 Å². The van der Waals surface area contributed by atoms with E-state index in [0.717, 1.165) is 11.1 Å². The number of aryl methyl sites for hydroxylation is 1. The first kappa shape index (κ1) is 12.0. The van der Waals surface area contributed by atoms with E-state index in [1.54, 1.807) is 12.4 Å². The number of pyridine rings is 2. The lowest BCUT2D eigenvalue weighted by atomic mass is 10.1. The number of rotatable bonds is 4. The molecule has 0 spiro atoms. The van der Waals surface area contributed by atoms with Crippen LogP contribution in [0.2, 0.25) is 0 Å².